The van der Waals surface area contributed by atoms with E-state index in [1.54, 1.807) is 12.1 Å². The molecule has 0 aliphatic heterocycles. The van der Waals surface area contributed by atoms with Gasteiger partial charge in [0.25, 0.3) is 0 Å². The van der Waals surface area contributed by atoms with Crippen LogP contribution in [0.1, 0.15) is 5.56 Å². The van der Waals surface area contributed by atoms with Gasteiger partial charge in [-0.3, -0.25) is 9.59 Å². The van der Waals surface area contributed by atoms with E-state index < -0.39 is 5.91 Å². The number of aromatic nitrogens is 1. The van der Waals surface area contributed by atoms with E-state index in [0.29, 0.717) is 0 Å². The number of hydrogen-bond donors (Lipinski definition) is 2. The van der Waals surface area contributed by atoms with Crippen molar-refractivity contribution in [3.8, 4) is 0 Å². The Balaban J connectivity index is 2.46. The number of nitrogens with two attached hydrogens (primary N) is 1. The van der Waals surface area contributed by atoms with E-state index in [-0.39, 0.29) is 4.87 Å². The normalized spacial score (nSPS) is 11.2. The van der Waals surface area contributed by atoms with Crippen molar-refractivity contribution in [2.75, 3.05) is 0 Å². The number of aromatic amines is 1. The Bertz CT molecular complexity index is 595. The summed E-state index contributed by atoms with van der Waals surface area (Å²) in [6, 6.07) is 5.46. The average Bonchev–Trinajstić information content (AvgIpc) is 2.53. The van der Waals surface area contributed by atoms with Gasteiger partial charge in [0.15, 0.2) is 0 Å². The van der Waals surface area contributed by atoms with E-state index in [0.717, 1.165) is 27.1 Å². The molecule has 3 N–H and O–H groups in total. The molecular weight excluding hydrogens is 212 g/mol. The molecule has 1 amide bonds. The van der Waals surface area contributed by atoms with Gasteiger partial charge in [-0.15, -0.1) is 0 Å². The molecule has 0 atom stereocenters. The molecule has 0 unspecified atom stereocenters. The van der Waals surface area contributed by atoms with Gasteiger partial charge < -0.3 is 10.7 Å². The SMILES string of the molecule is NC(=O)C=Cc1ccc2sc(=O)[nH]c2c1. The molecule has 0 spiro atoms. The van der Waals surface area contributed by atoms with Crippen molar-refractivity contribution in [1.82, 2.24) is 4.98 Å². The highest BCUT2D eigenvalue weighted by Gasteiger charge is 1.98. The molecule has 5 heteroatoms. The maximum Gasteiger partial charge on any atom is 0.305 e. The van der Waals surface area contributed by atoms with Crippen LogP contribution in [0.25, 0.3) is 16.3 Å². The first-order valence-corrected chi connectivity index (χ1v) is 5.07. The Morgan fingerprint density at radius 3 is 3.00 bits per heavy atom. The van der Waals surface area contributed by atoms with Crippen molar-refractivity contribution < 1.29 is 4.79 Å². The van der Waals surface area contributed by atoms with Crippen LogP contribution >= 0.6 is 11.3 Å². The zero-order valence-electron chi connectivity index (χ0n) is 7.69. The largest absolute Gasteiger partial charge is 0.366 e. The van der Waals surface area contributed by atoms with Crippen LogP contribution in [0, 0.1) is 0 Å². The number of primary amides is 1. The molecule has 15 heavy (non-hydrogen) atoms. The second kappa shape index (κ2) is 3.70. The Hall–Kier alpha value is -1.88. The highest BCUT2D eigenvalue weighted by Crippen LogP contribution is 2.16. The molecule has 1 aromatic heterocycles. The van der Waals surface area contributed by atoms with Crippen LogP contribution in [0.5, 0.6) is 0 Å². The molecule has 0 radical (unpaired) electrons. The summed E-state index contributed by atoms with van der Waals surface area (Å²) in [6.45, 7) is 0. The van der Waals surface area contributed by atoms with Crippen LogP contribution in [0.15, 0.2) is 29.1 Å². The van der Waals surface area contributed by atoms with Gasteiger partial charge in [-0.1, -0.05) is 17.4 Å². The van der Waals surface area contributed by atoms with Gasteiger partial charge in [0.05, 0.1) is 10.2 Å². The molecular formula is C10H8N2O2S. The molecule has 2 aromatic rings. The maximum absolute atomic E-state index is 11.0. The fraction of sp³-hybridized carbons (Fsp3) is 0. The number of carbonyl (C=O) groups is 1. The number of carbonyl (C=O) groups excluding carboxylic acids is 1. The van der Waals surface area contributed by atoms with Crippen molar-refractivity contribution in [3.63, 3.8) is 0 Å². The molecule has 76 valence electrons. The minimum Gasteiger partial charge on any atom is -0.366 e. The summed E-state index contributed by atoms with van der Waals surface area (Å²) in [5, 5.41) is 0. The molecule has 0 saturated carbocycles. The number of fused-ring (bicyclic) bond motifs is 1. The minimum absolute atomic E-state index is 0.0824. The lowest BCUT2D eigenvalue weighted by atomic mass is 10.2. The quantitative estimate of drug-likeness (QED) is 0.743. The van der Waals surface area contributed by atoms with Crippen molar-refractivity contribution in [3.05, 3.63) is 39.5 Å². The zero-order chi connectivity index (χ0) is 10.8. The van der Waals surface area contributed by atoms with Gasteiger partial charge in [0.1, 0.15) is 0 Å². The number of nitrogens with one attached hydrogen (secondary N) is 1. The van der Waals surface area contributed by atoms with Crippen LogP contribution in [0.2, 0.25) is 0 Å². The number of rotatable bonds is 2. The van der Waals surface area contributed by atoms with E-state index in [2.05, 4.69) is 4.98 Å². The Kier molecular flexibility index (Phi) is 2.39. The van der Waals surface area contributed by atoms with Gasteiger partial charge in [-0.25, -0.2) is 0 Å². The second-order valence-electron chi connectivity index (χ2n) is 3.01. The number of hydrogen-bond acceptors (Lipinski definition) is 3. The van der Waals surface area contributed by atoms with Crippen LogP contribution in [-0.2, 0) is 4.79 Å². The van der Waals surface area contributed by atoms with Gasteiger partial charge in [0, 0.05) is 6.08 Å². The molecule has 0 saturated heterocycles. The summed E-state index contributed by atoms with van der Waals surface area (Å²) in [7, 11) is 0. The Labute approximate surface area is 89.0 Å². The Morgan fingerprint density at radius 1 is 1.47 bits per heavy atom. The monoisotopic (exact) mass is 220 g/mol. The van der Waals surface area contributed by atoms with E-state index in [4.69, 9.17) is 5.73 Å². The average molecular weight is 220 g/mol. The van der Waals surface area contributed by atoms with Crippen molar-refractivity contribution >= 4 is 33.5 Å². The van der Waals surface area contributed by atoms with Gasteiger partial charge >= 0.3 is 4.87 Å². The van der Waals surface area contributed by atoms with Gasteiger partial charge in [0.2, 0.25) is 5.91 Å². The number of benzene rings is 1. The fourth-order valence-electron chi connectivity index (χ4n) is 1.25. The smallest absolute Gasteiger partial charge is 0.305 e. The molecule has 4 nitrogen and oxygen atoms in total. The number of amides is 1. The van der Waals surface area contributed by atoms with Crippen LogP contribution in [0.3, 0.4) is 0 Å². The van der Waals surface area contributed by atoms with Crippen LogP contribution in [-0.4, -0.2) is 10.9 Å². The summed E-state index contributed by atoms with van der Waals surface area (Å²) < 4.78 is 0.899. The lowest BCUT2D eigenvalue weighted by molar-refractivity contribution is -0.113. The highest BCUT2D eigenvalue weighted by molar-refractivity contribution is 7.16. The van der Waals surface area contributed by atoms with E-state index in [9.17, 15) is 9.59 Å². The molecule has 0 fully saturated rings. The van der Waals surface area contributed by atoms with Crippen LogP contribution < -0.4 is 10.6 Å². The minimum atomic E-state index is -0.492. The first-order chi connectivity index (χ1) is 7.15. The lowest BCUT2D eigenvalue weighted by Crippen LogP contribution is -2.05. The summed E-state index contributed by atoms with van der Waals surface area (Å²) in [6.07, 6.45) is 2.89. The molecule has 1 heterocycles. The first-order valence-electron chi connectivity index (χ1n) is 4.25. The molecule has 0 aliphatic carbocycles. The third-order valence-corrected chi connectivity index (χ3v) is 2.75. The van der Waals surface area contributed by atoms with Crippen LogP contribution in [0.4, 0.5) is 0 Å². The molecule has 1 aromatic carbocycles. The van der Waals surface area contributed by atoms with Gasteiger partial charge in [-0.05, 0) is 23.8 Å². The van der Waals surface area contributed by atoms with E-state index in [1.165, 1.54) is 6.08 Å². The summed E-state index contributed by atoms with van der Waals surface area (Å²) >= 11 is 1.16. The van der Waals surface area contributed by atoms with Crippen molar-refractivity contribution in [1.29, 1.82) is 0 Å². The second-order valence-corrected chi connectivity index (χ2v) is 4.02. The van der Waals surface area contributed by atoms with E-state index in [1.807, 2.05) is 12.1 Å². The summed E-state index contributed by atoms with van der Waals surface area (Å²) in [5.41, 5.74) is 6.58. The van der Waals surface area contributed by atoms with Crippen molar-refractivity contribution in [2.45, 2.75) is 0 Å². The lowest BCUT2D eigenvalue weighted by Gasteiger charge is -1.92. The predicted molar refractivity (Wildman–Crippen MR) is 60.7 cm³/mol. The topological polar surface area (TPSA) is 76.0 Å². The summed E-state index contributed by atoms with van der Waals surface area (Å²) in [4.78, 5) is 24.2. The molecule has 0 aliphatic rings. The third kappa shape index (κ3) is 2.13. The standard InChI is InChI=1S/C10H8N2O2S/c11-9(13)4-2-6-1-3-8-7(5-6)12-10(14)15-8/h1-5H,(H2,11,13)(H,12,14). The van der Waals surface area contributed by atoms with Crippen molar-refractivity contribution in [2.24, 2.45) is 5.73 Å². The fourth-order valence-corrected chi connectivity index (χ4v) is 1.97. The number of thiazole rings is 1. The number of H-pyrrole nitrogens is 1. The zero-order valence-corrected chi connectivity index (χ0v) is 8.51. The molecule has 2 rings (SSSR count). The molecule has 0 bridgehead atoms. The maximum atomic E-state index is 11.0. The highest BCUT2D eigenvalue weighted by atomic mass is 32.1. The van der Waals surface area contributed by atoms with E-state index >= 15 is 0 Å². The van der Waals surface area contributed by atoms with Gasteiger partial charge in [-0.2, -0.15) is 0 Å². The predicted octanol–water partition coefficient (Wildman–Crippen LogP) is 1.09. The third-order valence-electron chi connectivity index (χ3n) is 1.88. The Morgan fingerprint density at radius 2 is 2.27 bits per heavy atom. The summed E-state index contributed by atoms with van der Waals surface area (Å²) in [5.74, 6) is -0.492. The first kappa shape index (κ1) is 9.67.